The fourth-order valence-electron chi connectivity index (χ4n) is 1.50. The Bertz CT molecular complexity index is 476. The Balaban J connectivity index is 2.59. The van der Waals surface area contributed by atoms with Crippen LogP contribution < -0.4 is 0 Å². The van der Waals surface area contributed by atoms with Gasteiger partial charge in [0.25, 0.3) is 0 Å². The number of hydrogen-bond donors (Lipinski definition) is 1. The molecule has 3 heteroatoms. The first-order valence-electron chi connectivity index (χ1n) is 4.57. The number of phenols is 1. The maximum atomic E-state index is 9.44. The lowest BCUT2D eigenvalue weighted by molar-refractivity contribution is 0.475. The zero-order valence-electron chi connectivity index (χ0n) is 8.24. The normalized spacial score (nSPS) is 10.3. The average Bonchev–Trinajstić information content (AvgIpc) is 2.16. The Morgan fingerprint density at radius 3 is 2.73 bits per heavy atom. The first-order chi connectivity index (χ1) is 7.16. The molecule has 0 spiro atoms. The van der Waals surface area contributed by atoms with Crippen LogP contribution in [-0.2, 0) is 0 Å². The number of hydrogen-bond acceptors (Lipinski definition) is 2. The summed E-state index contributed by atoms with van der Waals surface area (Å²) < 4.78 is 0. The minimum absolute atomic E-state index is 0.167. The van der Waals surface area contributed by atoms with Crippen molar-refractivity contribution in [2.75, 3.05) is 0 Å². The fourth-order valence-corrected chi connectivity index (χ4v) is 1.73. The number of halogens is 1. The van der Waals surface area contributed by atoms with Crippen LogP contribution in [0.15, 0.2) is 36.7 Å². The number of phenolic OH excluding ortho intramolecular Hbond substituents is 1. The van der Waals surface area contributed by atoms with Crippen LogP contribution in [0, 0.1) is 6.92 Å². The highest BCUT2D eigenvalue weighted by atomic mass is 35.5. The molecule has 0 aliphatic heterocycles. The van der Waals surface area contributed by atoms with Crippen LogP contribution in [0.4, 0.5) is 0 Å². The van der Waals surface area contributed by atoms with Crippen LogP contribution in [0.1, 0.15) is 5.56 Å². The summed E-state index contributed by atoms with van der Waals surface area (Å²) in [7, 11) is 0. The Morgan fingerprint density at radius 1 is 1.27 bits per heavy atom. The SMILES string of the molecule is Cc1ccncc1-c1cc(O)cc(Cl)c1. The van der Waals surface area contributed by atoms with Gasteiger partial charge in [-0.3, -0.25) is 4.98 Å². The smallest absolute Gasteiger partial charge is 0.117 e. The quantitative estimate of drug-likeness (QED) is 0.797. The van der Waals surface area contributed by atoms with Gasteiger partial charge in [0.2, 0.25) is 0 Å². The van der Waals surface area contributed by atoms with Crippen molar-refractivity contribution in [2.24, 2.45) is 0 Å². The highest BCUT2D eigenvalue weighted by Gasteiger charge is 2.04. The van der Waals surface area contributed by atoms with Gasteiger partial charge in [0.1, 0.15) is 5.75 Å². The molecule has 15 heavy (non-hydrogen) atoms. The minimum Gasteiger partial charge on any atom is -0.508 e. The zero-order valence-corrected chi connectivity index (χ0v) is 8.99. The molecule has 2 nitrogen and oxygen atoms in total. The predicted molar refractivity (Wildman–Crippen MR) is 61.1 cm³/mol. The number of pyridine rings is 1. The molecule has 1 aromatic heterocycles. The van der Waals surface area contributed by atoms with Crippen LogP contribution >= 0.6 is 11.6 Å². The van der Waals surface area contributed by atoms with Crippen LogP contribution in [-0.4, -0.2) is 10.1 Å². The van der Waals surface area contributed by atoms with Crippen molar-refractivity contribution in [1.82, 2.24) is 4.98 Å². The van der Waals surface area contributed by atoms with Crippen molar-refractivity contribution in [2.45, 2.75) is 6.92 Å². The third-order valence-electron chi connectivity index (χ3n) is 2.23. The average molecular weight is 220 g/mol. The van der Waals surface area contributed by atoms with E-state index in [1.165, 1.54) is 6.07 Å². The van der Waals surface area contributed by atoms with Crippen molar-refractivity contribution in [3.8, 4) is 16.9 Å². The van der Waals surface area contributed by atoms with Gasteiger partial charge in [-0.1, -0.05) is 11.6 Å². The van der Waals surface area contributed by atoms with E-state index >= 15 is 0 Å². The van der Waals surface area contributed by atoms with Gasteiger partial charge in [-0.25, -0.2) is 0 Å². The highest BCUT2D eigenvalue weighted by molar-refractivity contribution is 6.31. The molecule has 1 heterocycles. The van der Waals surface area contributed by atoms with Crippen LogP contribution in [0.5, 0.6) is 5.75 Å². The van der Waals surface area contributed by atoms with E-state index in [2.05, 4.69) is 4.98 Å². The molecule has 1 aromatic carbocycles. The summed E-state index contributed by atoms with van der Waals surface area (Å²) >= 11 is 5.87. The van der Waals surface area contributed by atoms with Gasteiger partial charge in [-0.05, 0) is 42.3 Å². The third kappa shape index (κ3) is 2.10. The Kier molecular flexibility index (Phi) is 2.60. The monoisotopic (exact) mass is 219 g/mol. The number of rotatable bonds is 1. The summed E-state index contributed by atoms with van der Waals surface area (Å²) in [5.41, 5.74) is 2.97. The lowest BCUT2D eigenvalue weighted by atomic mass is 10.0. The molecule has 0 unspecified atom stereocenters. The van der Waals surface area contributed by atoms with Crippen LogP contribution in [0.25, 0.3) is 11.1 Å². The highest BCUT2D eigenvalue weighted by Crippen LogP contribution is 2.29. The van der Waals surface area contributed by atoms with Gasteiger partial charge in [0.15, 0.2) is 0 Å². The molecule has 0 saturated carbocycles. The van der Waals surface area contributed by atoms with E-state index in [9.17, 15) is 5.11 Å². The Morgan fingerprint density at radius 2 is 2.07 bits per heavy atom. The topological polar surface area (TPSA) is 33.1 Å². The van der Waals surface area contributed by atoms with E-state index in [-0.39, 0.29) is 5.75 Å². The molecule has 0 saturated heterocycles. The molecular weight excluding hydrogens is 210 g/mol. The fraction of sp³-hybridized carbons (Fsp3) is 0.0833. The molecule has 2 rings (SSSR count). The van der Waals surface area contributed by atoms with Crippen molar-refractivity contribution in [3.63, 3.8) is 0 Å². The van der Waals surface area contributed by atoms with E-state index in [0.717, 1.165) is 16.7 Å². The van der Waals surface area contributed by atoms with E-state index in [0.29, 0.717) is 5.02 Å². The Labute approximate surface area is 93.2 Å². The minimum atomic E-state index is 0.167. The van der Waals surface area contributed by atoms with Gasteiger partial charge in [0.05, 0.1) is 0 Å². The molecule has 0 atom stereocenters. The maximum Gasteiger partial charge on any atom is 0.117 e. The first-order valence-corrected chi connectivity index (χ1v) is 4.95. The summed E-state index contributed by atoms with van der Waals surface area (Å²) in [5.74, 6) is 0.167. The maximum absolute atomic E-state index is 9.44. The van der Waals surface area contributed by atoms with E-state index in [1.807, 2.05) is 19.1 Å². The molecule has 0 aliphatic rings. The second-order valence-electron chi connectivity index (χ2n) is 3.39. The number of aryl methyl sites for hydroxylation is 1. The molecule has 0 radical (unpaired) electrons. The van der Waals surface area contributed by atoms with Gasteiger partial charge in [-0.2, -0.15) is 0 Å². The molecular formula is C12H10ClNO. The predicted octanol–water partition coefficient (Wildman–Crippen LogP) is 3.42. The number of nitrogens with zero attached hydrogens (tertiary/aromatic N) is 1. The lowest BCUT2D eigenvalue weighted by Crippen LogP contribution is -1.84. The summed E-state index contributed by atoms with van der Waals surface area (Å²) in [6.45, 7) is 2.00. The lowest BCUT2D eigenvalue weighted by Gasteiger charge is -2.06. The molecule has 2 aromatic rings. The van der Waals surface area contributed by atoms with Gasteiger partial charge in [0, 0.05) is 23.0 Å². The second kappa shape index (κ2) is 3.91. The summed E-state index contributed by atoms with van der Waals surface area (Å²) in [4.78, 5) is 4.06. The molecule has 0 aliphatic carbocycles. The summed E-state index contributed by atoms with van der Waals surface area (Å²) in [5, 5.41) is 9.96. The van der Waals surface area contributed by atoms with E-state index < -0.39 is 0 Å². The first kappa shape index (κ1) is 9.99. The van der Waals surface area contributed by atoms with Crippen molar-refractivity contribution >= 4 is 11.6 Å². The summed E-state index contributed by atoms with van der Waals surface area (Å²) in [6, 6.07) is 6.92. The molecule has 0 amide bonds. The zero-order chi connectivity index (χ0) is 10.8. The third-order valence-corrected chi connectivity index (χ3v) is 2.45. The molecule has 1 N–H and O–H groups in total. The van der Waals surface area contributed by atoms with Crippen molar-refractivity contribution in [3.05, 3.63) is 47.2 Å². The van der Waals surface area contributed by atoms with E-state index in [4.69, 9.17) is 11.6 Å². The van der Waals surface area contributed by atoms with Crippen LogP contribution in [0.2, 0.25) is 5.02 Å². The van der Waals surface area contributed by atoms with Gasteiger partial charge in [-0.15, -0.1) is 0 Å². The van der Waals surface area contributed by atoms with Crippen molar-refractivity contribution in [1.29, 1.82) is 0 Å². The molecule has 76 valence electrons. The summed E-state index contributed by atoms with van der Waals surface area (Å²) in [6.07, 6.45) is 3.50. The van der Waals surface area contributed by atoms with Crippen LogP contribution in [0.3, 0.4) is 0 Å². The van der Waals surface area contributed by atoms with E-state index in [1.54, 1.807) is 18.5 Å². The van der Waals surface area contributed by atoms with Crippen molar-refractivity contribution < 1.29 is 5.11 Å². The second-order valence-corrected chi connectivity index (χ2v) is 3.83. The molecule has 0 fully saturated rings. The van der Waals surface area contributed by atoms with Gasteiger partial charge < -0.3 is 5.11 Å². The Hall–Kier alpha value is -1.54. The standard InChI is InChI=1S/C12H10ClNO/c1-8-2-3-14-7-12(8)9-4-10(13)6-11(15)5-9/h2-7,15H,1H3. The number of aromatic hydroxyl groups is 1. The number of aromatic nitrogens is 1. The molecule has 0 bridgehead atoms. The largest absolute Gasteiger partial charge is 0.508 e. The van der Waals surface area contributed by atoms with Gasteiger partial charge >= 0.3 is 0 Å². The number of benzene rings is 1.